The zero-order valence-corrected chi connectivity index (χ0v) is 12.0. The molecule has 102 valence electrons. The largest absolute Gasteiger partial charge is 0.379 e. The van der Waals surface area contributed by atoms with E-state index in [0.717, 1.165) is 32.7 Å². The zero-order valence-electron chi connectivity index (χ0n) is 12.0. The summed E-state index contributed by atoms with van der Waals surface area (Å²) in [5.41, 5.74) is 0.199. The standard InChI is InChI=1S/C13H29N3O/c1-11(8-12-9-17-7-6-14-12)15-10-13(2,3)16(4)5/h11-12,14-15H,6-10H2,1-5H3. The van der Waals surface area contributed by atoms with Crippen LogP contribution in [0.3, 0.4) is 0 Å². The van der Waals surface area contributed by atoms with E-state index in [1.54, 1.807) is 0 Å². The van der Waals surface area contributed by atoms with Crippen molar-refractivity contribution in [3.05, 3.63) is 0 Å². The molecule has 0 aromatic carbocycles. The van der Waals surface area contributed by atoms with Crippen LogP contribution in [0.1, 0.15) is 27.2 Å². The lowest BCUT2D eigenvalue weighted by Gasteiger charge is -2.35. The Kier molecular flexibility index (Phi) is 5.86. The zero-order chi connectivity index (χ0) is 12.9. The first-order valence-electron chi connectivity index (χ1n) is 6.64. The van der Waals surface area contributed by atoms with Gasteiger partial charge in [0.05, 0.1) is 13.2 Å². The van der Waals surface area contributed by atoms with E-state index in [0.29, 0.717) is 12.1 Å². The van der Waals surface area contributed by atoms with E-state index in [-0.39, 0.29) is 5.54 Å². The van der Waals surface area contributed by atoms with Gasteiger partial charge in [0.15, 0.2) is 0 Å². The molecule has 0 aliphatic carbocycles. The molecule has 1 aliphatic heterocycles. The predicted molar refractivity (Wildman–Crippen MR) is 72.5 cm³/mol. The van der Waals surface area contributed by atoms with Crippen LogP contribution in [-0.4, -0.2) is 62.9 Å². The molecule has 1 heterocycles. The first-order chi connectivity index (χ1) is 7.92. The van der Waals surface area contributed by atoms with E-state index < -0.39 is 0 Å². The maximum Gasteiger partial charge on any atom is 0.0620 e. The lowest BCUT2D eigenvalue weighted by atomic mass is 10.0. The van der Waals surface area contributed by atoms with Crippen molar-refractivity contribution in [1.29, 1.82) is 0 Å². The van der Waals surface area contributed by atoms with Crippen molar-refractivity contribution in [2.75, 3.05) is 40.4 Å². The number of ether oxygens (including phenoxy) is 1. The fourth-order valence-electron chi connectivity index (χ4n) is 1.86. The minimum Gasteiger partial charge on any atom is -0.379 e. The summed E-state index contributed by atoms with van der Waals surface area (Å²) in [6, 6.07) is 1.03. The molecule has 1 saturated heterocycles. The van der Waals surface area contributed by atoms with Gasteiger partial charge in [0.2, 0.25) is 0 Å². The maximum absolute atomic E-state index is 5.47. The Hall–Kier alpha value is -0.160. The third-order valence-electron chi connectivity index (χ3n) is 3.73. The Balaban J connectivity index is 2.22. The molecule has 0 aromatic rings. The molecule has 17 heavy (non-hydrogen) atoms. The van der Waals surface area contributed by atoms with Crippen LogP contribution < -0.4 is 10.6 Å². The van der Waals surface area contributed by atoms with Crippen LogP contribution in [0.25, 0.3) is 0 Å². The molecule has 2 unspecified atom stereocenters. The molecule has 0 bridgehead atoms. The second-order valence-electron chi connectivity index (χ2n) is 5.95. The van der Waals surface area contributed by atoms with Gasteiger partial charge in [-0.3, -0.25) is 0 Å². The first-order valence-corrected chi connectivity index (χ1v) is 6.64. The lowest BCUT2D eigenvalue weighted by molar-refractivity contribution is 0.0704. The van der Waals surface area contributed by atoms with Crippen LogP contribution in [0.2, 0.25) is 0 Å². The van der Waals surface area contributed by atoms with Gasteiger partial charge in [-0.25, -0.2) is 0 Å². The second kappa shape index (κ2) is 6.69. The molecule has 2 atom stereocenters. The summed E-state index contributed by atoms with van der Waals surface area (Å²) in [7, 11) is 4.26. The van der Waals surface area contributed by atoms with Crippen LogP contribution in [-0.2, 0) is 4.74 Å². The van der Waals surface area contributed by atoms with E-state index in [9.17, 15) is 0 Å². The van der Waals surface area contributed by atoms with Crippen LogP contribution in [0, 0.1) is 0 Å². The topological polar surface area (TPSA) is 36.5 Å². The average Bonchev–Trinajstić information content (AvgIpc) is 2.28. The Morgan fingerprint density at radius 2 is 2.18 bits per heavy atom. The Labute approximate surface area is 106 Å². The quantitative estimate of drug-likeness (QED) is 0.719. The Bertz CT molecular complexity index is 213. The van der Waals surface area contributed by atoms with Crippen molar-refractivity contribution in [2.45, 2.75) is 44.8 Å². The minimum atomic E-state index is 0.199. The van der Waals surface area contributed by atoms with Gasteiger partial charge in [-0.1, -0.05) is 0 Å². The molecule has 1 fully saturated rings. The van der Waals surface area contributed by atoms with Gasteiger partial charge in [-0.05, 0) is 41.3 Å². The number of hydrogen-bond donors (Lipinski definition) is 2. The van der Waals surface area contributed by atoms with Crippen molar-refractivity contribution >= 4 is 0 Å². The van der Waals surface area contributed by atoms with Crippen molar-refractivity contribution in [3.8, 4) is 0 Å². The van der Waals surface area contributed by atoms with Gasteiger partial charge in [-0.15, -0.1) is 0 Å². The molecule has 4 heteroatoms. The highest BCUT2D eigenvalue weighted by molar-refractivity contribution is 4.83. The molecule has 0 spiro atoms. The van der Waals surface area contributed by atoms with E-state index in [4.69, 9.17) is 4.74 Å². The molecular weight excluding hydrogens is 214 g/mol. The molecule has 0 saturated carbocycles. The highest BCUT2D eigenvalue weighted by Crippen LogP contribution is 2.09. The number of likely N-dealkylation sites (N-methyl/N-ethyl adjacent to an activating group) is 1. The second-order valence-corrected chi connectivity index (χ2v) is 5.95. The van der Waals surface area contributed by atoms with Crippen molar-refractivity contribution < 1.29 is 4.74 Å². The normalized spacial score (nSPS) is 24.0. The predicted octanol–water partition coefficient (Wildman–Crippen LogP) is 0.683. The molecule has 4 nitrogen and oxygen atoms in total. The number of rotatable bonds is 6. The van der Waals surface area contributed by atoms with Crippen LogP contribution in [0.15, 0.2) is 0 Å². The molecule has 0 amide bonds. The smallest absolute Gasteiger partial charge is 0.0620 e. The average molecular weight is 243 g/mol. The summed E-state index contributed by atoms with van der Waals surface area (Å²) in [5, 5.41) is 7.11. The number of morpholine rings is 1. The number of hydrogen-bond acceptors (Lipinski definition) is 4. The van der Waals surface area contributed by atoms with Crippen molar-refractivity contribution in [3.63, 3.8) is 0 Å². The fraction of sp³-hybridized carbons (Fsp3) is 1.00. The van der Waals surface area contributed by atoms with Gasteiger partial charge in [0.25, 0.3) is 0 Å². The van der Waals surface area contributed by atoms with Crippen LogP contribution in [0.5, 0.6) is 0 Å². The summed E-state index contributed by atoms with van der Waals surface area (Å²) in [6.45, 7) is 10.5. The number of nitrogens with one attached hydrogen (secondary N) is 2. The number of nitrogens with zero attached hydrogens (tertiary/aromatic N) is 1. The fourth-order valence-corrected chi connectivity index (χ4v) is 1.86. The van der Waals surface area contributed by atoms with Crippen molar-refractivity contribution in [2.24, 2.45) is 0 Å². The third-order valence-corrected chi connectivity index (χ3v) is 3.73. The van der Waals surface area contributed by atoms with Gasteiger partial charge >= 0.3 is 0 Å². The van der Waals surface area contributed by atoms with Gasteiger partial charge in [-0.2, -0.15) is 0 Å². The van der Waals surface area contributed by atoms with Crippen LogP contribution in [0.4, 0.5) is 0 Å². The van der Waals surface area contributed by atoms with E-state index >= 15 is 0 Å². The molecule has 0 radical (unpaired) electrons. The highest BCUT2D eigenvalue weighted by atomic mass is 16.5. The molecule has 1 aliphatic rings. The summed E-state index contributed by atoms with van der Waals surface area (Å²) in [6.07, 6.45) is 1.13. The van der Waals surface area contributed by atoms with Crippen molar-refractivity contribution in [1.82, 2.24) is 15.5 Å². The molecular formula is C13H29N3O. The third kappa shape index (κ3) is 5.34. The highest BCUT2D eigenvalue weighted by Gasteiger charge is 2.22. The summed E-state index contributed by atoms with van der Waals surface area (Å²) in [4.78, 5) is 2.26. The van der Waals surface area contributed by atoms with E-state index in [1.165, 1.54) is 0 Å². The SMILES string of the molecule is CC(CC1COCCN1)NCC(C)(C)N(C)C. The maximum atomic E-state index is 5.47. The molecule has 2 N–H and O–H groups in total. The Morgan fingerprint density at radius 3 is 2.71 bits per heavy atom. The summed E-state index contributed by atoms with van der Waals surface area (Å²) >= 11 is 0. The van der Waals surface area contributed by atoms with E-state index in [2.05, 4.69) is 50.4 Å². The monoisotopic (exact) mass is 243 g/mol. The van der Waals surface area contributed by atoms with Gasteiger partial charge in [0.1, 0.15) is 0 Å². The van der Waals surface area contributed by atoms with Gasteiger partial charge in [0, 0.05) is 30.7 Å². The Morgan fingerprint density at radius 1 is 1.47 bits per heavy atom. The minimum absolute atomic E-state index is 0.199. The van der Waals surface area contributed by atoms with Crippen LogP contribution >= 0.6 is 0 Å². The lowest BCUT2D eigenvalue weighted by Crippen LogP contribution is -2.50. The first kappa shape index (κ1) is 14.9. The summed E-state index contributed by atoms with van der Waals surface area (Å²) < 4.78 is 5.47. The summed E-state index contributed by atoms with van der Waals surface area (Å²) in [5.74, 6) is 0. The molecule has 1 rings (SSSR count). The molecule has 0 aromatic heterocycles. The van der Waals surface area contributed by atoms with Gasteiger partial charge < -0.3 is 20.3 Å². The van der Waals surface area contributed by atoms with E-state index in [1.807, 2.05) is 0 Å².